The van der Waals surface area contributed by atoms with Crippen LogP contribution in [0.2, 0.25) is 0 Å². The molecule has 1 aromatic rings. The number of furan rings is 1. The highest BCUT2D eigenvalue weighted by molar-refractivity contribution is 7.89. The summed E-state index contributed by atoms with van der Waals surface area (Å²) in [5, 5.41) is 3.19. The summed E-state index contributed by atoms with van der Waals surface area (Å²) in [4.78, 5) is 11.6. The first-order valence-corrected chi connectivity index (χ1v) is 8.28. The van der Waals surface area contributed by atoms with E-state index in [4.69, 9.17) is 4.42 Å². The number of sulfonamides is 1. The molecule has 0 saturated carbocycles. The molecule has 0 amide bonds. The summed E-state index contributed by atoms with van der Waals surface area (Å²) in [7, 11) is -2.44. The highest BCUT2D eigenvalue weighted by Crippen LogP contribution is 2.26. The van der Waals surface area contributed by atoms with Crippen molar-refractivity contribution in [1.82, 2.24) is 9.62 Å². The van der Waals surface area contributed by atoms with Gasteiger partial charge in [-0.05, 0) is 6.92 Å². The van der Waals surface area contributed by atoms with E-state index >= 15 is 0 Å². The summed E-state index contributed by atoms with van der Waals surface area (Å²) < 4.78 is 36.8. The lowest BCUT2D eigenvalue weighted by Crippen LogP contribution is -2.51. The largest absolute Gasteiger partial charge is 0.463 e. The Morgan fingerprint density at radius 1 is 1.57 bits per heavy atom. The molecule has 1 fully saturated rings. The number of aryl methyl sites for hydroxylation is 1. The molecule has 2 rings (SSSR count). The van der Waals surface area contributed by atoms with Gasteiger partial charge in [0.2, 0.25) is 15.8 Å². The van der Waals surface area contributed by atoms with Gasteiger partial charge in [0, 0.05) is 38.2 Å². The summed E-state index contributed by atoms with van der Waals surface area (Å²) in [5.74, 6) is -0.488. The monoisotopic (exact) mass is 316 g/mol. The Morgan fingerprint density at radius 3 is 2.86 bits per heavy atom. The molecular weight excluding hydrogens is 296 g/mol. The maximum atomic E-state index is 12.7. The van der Waals surface area contributed by atoms with Gasteiger partial charge in [0.25, 0.3) is 0 Å². The third-order valence-electron chi connectivity index (χ3n) is 3.43. The number of carbonyl (C=O) groups excluding carboxylic acids is 1. The van der Waals surface area contributed by atoms with E-state index in [9.17, 15) is 13.2 Å². The third-order valence-corrected chi connectivity index (χ3v) is 5.34. The summed E-state index contributed by atoms with van der Waals surface area (Å²) in [6.45, 7) is 5.10. The molecule has 7 nitrogen and oxygen atoms in total. The maximum absolute atomic E-state index is 12.7. The van der Waals surface area contributed by atoms with Gasteiger partial charge in [-0.2, -0.15) is 4.31 Å². The topological polar surface area (TPSA) is 88.8 Å². The van der Waals surface area contributed by atoms with Crippen molar-refractivity contribution in [1.29, 1.82) is 0 Å². The zero-order chi connectivity index (χ0) is 15.6. The first-order valence-electron chi connectivity index (χ1n) is 6.84. The molecule has 2 heterocycles. The molecular formula is C13H20N2O5S. The van der Waals surface area contributed by atoms with Crippen LogP contribution in [0.15, 0.2) is 15.4 Å². The molecule has 1 unspecified atom stereocenters. The number of carbonyl (C=O) groups is 1. The molecule has 0 aliphatic carbocycles. The Morgan fingerprint density at radius 2 is 2.29 bits per heavy atom. The molecule has 0 spiro atoms. The van der Waals surface area contributed by atoms with Crippen molar-refractivity contribution in [2.24, 2.45) is 0 Å². The average Bonchev–Trinajstić information content (AvgIpc) is 2.91. The molecule has 1 aromatic heterocycles. The van der Waals surface area contributed by atoms with Gasteiger partial charge in [-0.15, -0.1) is 0 Å². The second-order valence-electron chi connectivity index (χ2n) is 4.96. The number of rotatable bonds is 4. The summed E-state index contributed by atoms with van der Waals surface area (Å²) in [5.41, 5.74) is 0. The highest BCUT2D eigenvalue weighted by Gasteiger charge is 2.33. The van der Waals surface area contributed by atoms with E-state index in [-0.39, 0.29) is 22.5 Å². The van der Waals surface area contributed by atoms with E-state index in [1.807, 2.05) is 6.92 Å². The lowest BCUT2D eigenvalue weighted by atomic mass is 10.3. The van der Waals surface area contributed by atoms with Crippen molar-refractivity contribution < 1.29 is 22.4 Å². The standard InChI is InChI=1S/C13H20N2O5S/c1-4-10-12(7-11(20-10)13(16)19-3)21(17,18)15-6-5-14-9(2)8-15/h7,9,14H,4-6,8H2,1-3H3. The molecule has 1 N–H and O–H groups in total. The van der Waals surface area contributed by atoms with Gasteiger partial charge in [0.05, 0.1) is 7.11 Å². The van der Waals surface area contributed by atoms with Gasteiger partial charge in [0.1, 0.15) is 10.7 Å². The minimum absolute atomic E-state index is 0.0551. The van der Waals surface area contributed by atoms with E-state index in [2.05, 4.69) is 10.1 Å². The van der Waals surface area contributed by atoms with Crippen LogP contribution in [0.1, 0.15) is 30.2 Å². The molecule has 21 heavy (non-hydrogen) atoms. The lowest BCUT2D eigenvalue weighted by molar-refractivity contribution is 0.0563. The average molecular weight is 316 g/mol. The Balaban J connectivity index is 2.39. The van der Waals surface area contributed by atoms with E-state index < -0.39 is 16.0 Å². The minimum Gasteiger partial charge on any atom is -0.463 e. The van der Waals surface area contributed by atoms with Crippen LogP contribution in [0.25, 0.3) is 0 Å². The molecule has 118 valence electrons. The number of ether oxygens (including phenoxy) is 1. The number of piperazine rings is 1. The minimum atomic E-state index is -3.67. The zero-order valence-corrected chi connectivity index (χ0v) is 13.2. The molecule has 8 heteroatoms. The molecule has 0 bridgehead atoms. The highest BCUT2D eigenvalue weighted by atomic mass is 32.2. The fourth-order valence-corrected chi connectivity index (χ4v) is 4.09. The molecule has 1 aliphatic rings. The van der Waals surface area contributed by atoms with Gasteiger partial charge in [-0.1, -0.05) is 6.92 Å². The zero-order valence-electron chi connectivity index (χ0n) is 12.4. The van der Waals surface area contributed by atoms with Crippen LogP contribution >= 0.6 is 0 Å². The van der Waals surface area contributed by atoms with E-state index in [0.717, 1.165) is 0 Å². The van der Waals surface area contributed by atoms with Crippen LogP contribution in [0, 0.1) is 0 Å². The predicted octanol–water partition coefficient (Wildman–Crippen LogP) is 0.611. The predicted molar refractivity (Wildman–Crippen MR) is 75.6 cm³/mol. The lowest BCUT2D eigenvalue weighted by Gasteiger charge is -2.30. The number of nitrogens with one attached hydrogen (secondary N) is 1. The van der Waals surface area contributed by atoms with Crippen molar-refractivity contribution in [3.05, 3.63) is 17.6 Å². The fraction of sp³-hybridized carbons (Fsp3) is 0.615. The third kappa shape index (κ3) is 3.12. The van der Waals surface area contributed by atoms with E-state index in [1.54, 1.807) is 6.92 Å². The number of hydrogen-bond donors (Lipinski definition) is 1. The summed E-state index contributed by atoms with van der Waals surface area (Å²) in [6, 6.07) is 1.35. The Labute approximate surface area is 124 Å². The second-order valence-corrected chi connectivity index (χ2v) is 6.87. The van der Waals surface area contributed by atoms with Crippen molar-refractivity contribution in [2.45, 2.75) is 31.2 Å². The van der Waals surface area contributed by atoms with Gasteiger partial charge < -0.3 is 14.5 Å². The van der Waals surface area contributed by atoms with Gasteiger partial charge in [0.15, 0.2) is 0 Å². The fourth-order valence-electron chi connectivity index (χ4n) is 2.33. The number of nitrogens with zero attached hydrogens (tertiary/aromatic N) is 1. The van der Waals surface area contributed by atoms with Crippen LogP contribution in [-0.2, 0) is 21.2 Å². The second kappa shape index (κ2) is 6.17. The first-order chi connectivity index (χ1) is 9.90. The van der Waals surface area contributed by atoms with Gasteiger partial charge >= 0.3 is 5.97 Å². The van der Waals surface area contributed by atoms with Gasteiger partial charge in [-0.25, -0.2) is 13.2 Å². The van der Waals surface area contributed by atoms with Crippen LogP contribution in [-0.4, -0.2) is 51.5 Å². The first kappa shape index (κ1) is 16.0. The number of hydrogen-bond acceptors (Lipinski definition) is 6. The van der Waals surface area contributed by atoms with Crippen LogP contribution in [0.5, 0.6) is 0 Å². The molecule has 0 aromatic carbocycles. The maximum Gasteiger partial charge on any atom is 0.373 e. The van der Waals surface area contributed by atoms with Crippen LogP contribution in [0.3, 0.4) is 0 Å². The van der Waals surface area contributed by atoms with Crippen molar-refractivity contribution in [2.75, 3.05) is 26.7 Å². The smallest absolute Gasteiger partial charge is 0.373 e. The van der Waals surface area contributed by atoms with E-state index in [1.165, 1.54) is 17.5 Å². The van der Waals surface area contributed by atoms with Crippen molar-refractivity contribution in [3.63, 3.8) is 0 Å². The normalized spacial score (nSPS) is 20.4. The summed E-state index contributed by atoms with van der Waals surface area (Å²) >= 11 is 0. The van der Waals surface area contributed by atoms with Crippen LogP contribution in [0.4, 0.5) is 0 Å². The molecule has 1 saturated heterocycles. The Kier molecular flexibility index (Phi) is 4.70. The number of esters is 1. The Hall–Kier alpha value is -1.38. The SMILES string of the molecule is CCc1oc(C(=O)OC)cc1S(=O)(=O)N1CCNC(C)C1. The van der Waals surface area contributed by atoms with Crippen molar-refractivity contribution in [3.8, 4) is 0 Å². The number of methoxy groups -OCH3 is 1. The molecule has 1 aliphatic heterocycles. The van der Waals surface area contributed by atoms with E-state index in [0.29, 0.717) is 26.1 Å². The summed E-state index contributed by atoms with van der Waals surface area (Å²) in [6.07, 6.45) is 0.382. The molecule has 0 radical (unpaired) electrons. The van der Waals surface area contributed by atoms with Gasteiger partial charge in [-0.3, -0.25) is 0 Å². The van der Waals surface area contributed by atoms with Crippen LogP contribution < -0.4 is 5.32 Å². The van der Waals surface area contributed by atoms with Crippen molar-refractivity contribution >= 4 is 16.0 Å². The Bertz CT molecular complexity index is 623. The quantitative estimate of drug-likeness (QED) is 0.819. The molecule has 1 atom stereocenters.